The van der Waals surface area contributed by atoms with Crippen molar-refractivity contribution >= 4 is 27.4 Å². The van der Waals surface area contributed by atoms with Gasteiger partial charge in [-0.15, -0.1) is 0 Å². The first-order valence-corrected chi connectivity index (χ1v) is 8.06. The van der Waals surface area contributed by atoms with E-state index in [9.17, 15) is 0 Å². The monoisotopic (exact) mass is 326 g/mol. The molecule has 3 atom stereocenters. The van der Waals surface area contributed by atoms with Crippen LogP contribution in [0.4, 0.5) is 0 Å². The molecule has 0 aromatic heterocycles. The molecule has 0 aromatic rings. The number of hydrogen-bond donors (Lipinski definition) is 0. The molecule has 0 amide bonds. The summed E-state index contributed by atoms with van der Waals surface area (Å²) < 4.78 is 0. The van der Waals surface area contributed by atoms with Crippen LogP contribution in [0.3, 0.4) is 0 Å². The summed E-state index contributed by atoms with van der Waals surface area (Å²) in [5.74, 6) is 0. The number of alkyl halides is 1. The molecule has 0 aromatic carbocycles. The highest BCUT2D eigenvalue weighted by Gasteiger charge is 2.61. The maximum absolute atomic E-state index is 5.12. The molecule has 3 heteroatoms. The first kappa shape index (κ1) is 15.2. The molecule has 2 aliphatic heterocycles. The van der Waals surface area contributed by atoms with Gasteiger partial charge >= 0.3 is 0 Å². The predicted octanol–water partition coefficient (Wildman–Crippen LogP) is 4.66. The molecule has 0 saturated carbocycles. The van der Waals surface area contributed by atoms with Crippen LogP contribution in [-0.4, -0.2) is 27.3 Å². The SMILES string of the molecule is CC(C)(C)C1=N[C@]2(C)[C@@H](Br)C(C(C)(C)C)=N[C@]2(C)C1. The molecule has 0 aliphatic carbocycles. The Bertz CT molecular complexity index is 464. The normalized spacial score (nSPS) is 39.1. The van der Waals surface area contributed by atoms with E-state index < -0.39 is 0 Å². The first-order valence-electron chi connectivity index (χ1n) is 7.15. The number of rotatable bonds is 0. The molecular weight excluding hydrogens is 300 g/mol. The minimum Gasteiger partial charge on any atom is -0.283 e. The van der Waals surface area contributed by atoms with Gasteiger partial charge in [0.1, 0.15) is 5.54 Å². The zero-order valence-electron chi connectivity index (χ0n) is 13.6. The van der Waals surface area contributed by atoms with Crippen LogP contribution in [0, 0.1) is 10.8 Å². The highest BCUT2D eigenvalue weighted by molar-refractivity contribution is 9.10. The Labute approximate surface area is 126 Å². The third kappa shape index (κ3) is 2.12. The van der Waals surface area contributed by atoms with Gasteiger partial charge in [-0.05, 0) is 19.3 Å². The van der Waals surface area contributed by atoms with Crippen LogP contribution in [0.5, 0.6) is 0 Å². The van der Waals surface area contributed by atoms with E-state index in [1.807, 2.05) is 0 Å². The summed E-state index contributed by atoms with van der Waals surface area (Å²) in [5.41, 5.74) is 2.57. The van der Waals surface area contributed by atoms with Crippen LogP contribution in [-0.2, 0) is 0 Å². The molecule has 19 heavy (non-hydrogen) atoms. The number of halogens is 1. The Balaban J connectivity index is 2.47. The number of hydrogen-bond acceptors (Lipinski definition) is 2. The first-order chi connectivity index (χ1) is 8.31. The zero-order valence-corrected chi connectivity index (χ0v) is 15.1. The minimum absolute atomic E-state index is 0.0909. The highest BCUT2D eigenvalue weighted by Crippen LogP contribution is 2.53. The summed E-state index contributed by atoms with van der Waals surface area (Å²) in [4.78, 5) is 10.5. The second-order valence-electron chi connectivity index (χ2n) is 8.52. The quantitative estimate of drug-likeness (QED) is 0.578. The third-order valence-corrected chi connectivity index (χ3v) is 6.03. The number of aliphatic imine (C=N–C) groups is 2. The summed E-state index contributed by atoms with van der Waals surface area (Å²) in [7, 11) is 0. The fourth-order valence-corrected chi connectivity index (χ4v) is 4.38. The van der Waals surface area contributed by atoms with Crippen LogP contribution < -0.4 is 0 Å². The van der Waals surface area contributed by atoms with E-state index in [-0.39, 0.29) is 26.7 Å². The van der Waals surface area contributed by atoms with Crippen molar-refractivity contribution in [3.63, 3.8) is 0 Å². The Kier molecular flexibility index (Phi) is 3.15. The topological polar surface area (TPSA) is 24.7 Å². The molecular formula is C16H27BrN2. The lowest BCUT2D eigenvalue weighted by atomic mass is 9.76. The molecule has 0 bridgehead atoms. The van der Waals surface area contributed by atoms with Gasteiger partial charge in [0, 0.05) is 23.3 Å². The van der Waals surface area contributed by atoms with Crippen molar-refractivity contribution in [2.24, 2.45) is 20.8 Å². The predicted molar refractivity (Wildman–Crippen MR) is 87.9 cm³/mol. The summed E-state index contributed by atoms with van der Waals surface area (Å²) in [6.07, 6.45) is 0.981. The fourth-order valence-electron chi connectivity index (χ4n) is 3.00. The molecule has 2 rings (SSSR count). The van der Waals surface area contributed by atoms with E-state index in [2.05, 4.69) is 71.3 Å². The second kappa shape index (κ2) is 3.93. The van der Waals surface area contributed by atoms with E-state index in [1.54, 1.807) is 0 Å². The van der Waals surface area contributed by atoms with Gasteiger partial charge in [0.2, 0.25) is 0 Å². The Morgan fingerprint density at radius 3 is 1.89 bits per heavy atom. The molecule has 0 fully saturated rings. The van der Waals surface area contributed by atoms with Crippen molar-refractivity contribution in [1.82, 2.24) is 0 Å². The van der Waals surface area contributed by atoms with E-state index in [0.29, 0.717) is 0 Å². The highest BCUT2D eigenvalue weighted by atomic mass is 79.9. The Hall–Kier alpha value is -0.180. The lowest BCUT2D eigenvalue weighted by molar-refractivity contribution is 0.337. The molecule has 0 N–H and O–H groups in total. The minimum atomic E-state index is -0.141. The van der Waals surface area contributed by atoms with E-state index in [0.717, 1.165) is 6.42 Å². The summed E-state index contributed by atoms with van der Waals surface area (Å²) in [5, 5.41) is 0. The van der Waals surface area contributed by atoms with Crippen LogP contribution in [0.25, 0.3) is 0 Å². The largest absolute Gasteiger partial charge is 0.283 e. The van der Waals surface area contributed by atoms with Gasteiger partial charge in [-0.1, -0.05) is 57.5 Å². The van der Waals surface area contributed by atoms with Crippen molar-refractivity contribution in [1.29, 1.82) is 0 Å². The zero-order chi connectivity index (χ0) is 14.9. The summed E-state index contributed by atoms with van der Waals surface area (Å²) in [6.45, 7) is 18.0. The Morgan fingerprint density at radius 2 is 1.53 bits per heavy atom. The van der Waals surface area contributed by atoms with Crippen molar-refractivity contribution < 1.29 is 0 Å². The van der Waals surface area contributed by atoms with Gasteiger partial charge in [0.05, 0.1) is 10.4 Å². The number of fused-ring (bicyclic) bond motifs is 1. The van der Waals surface area contributed by atoms with Crippen molar-refractivity contribution in [3.8, 4) is 0 Å². The third-order valence-electron chi connectivity index (χ3n) is 4.70. The van der Waals surface area contributed by atoms with Gasteiger partial charge < -0.3 is 0 Å². The molecule has 2 nitrogen and oxygen atoms in total. The lowest BCUT2D eigenvalue weighted by Crippen LogP contribution is -2.47. The molecule has 2 aliphatic rings. The molecule has 2 heterocycles. The van der Waals surface area contributed by atoms with Crippen molar-refractivity contribution in [2.75, 3.05) is 0 Å². The molecule has 108 valence electrons. The molecule has 0 spiro atoms. The van der Waals surface area contributed by atoms with Gasteiger partial charge in [0.15, 0.2) is 0 Å². The van der Waals surface area contributed by atoms with Gasteiger partial charge in [-0.2, -0.15) is 0 Å². The van der Waals surface area contributed by atoms with Crippen LogP contribution >= 0.6 is 15.9 Å². The number of nitrogens with zero attached hydrogens (tertiary/aromatic N) is 2. The average Bonchev–Trinajstić information content (AvgIpc) is 2.55. The summed E-state index contributed by atoms with van der Waals surface area (Å²) in [6, 6.07) is 0. The van der Waals surface area contributed by atoms with Gasteiger partial charge in [0.25, 0.3) is 0 Å². The van der Waals surface area contributed by atoms with E-state index >= 15 is 0 Å². The van der Waals surface area contributed by atoms with Crippen molar-refractivity contribution in [2.45, 2.75) is 77.7 Å². The van der Waals surface area contributed by atoms with Crippen LogP contribution in [0.2, 0.25) is 0 Å². The maximum atomic E-state index is 5.12. The van der Waals surface area contributed by atoms with Crippen LogP contribution in [0.15, 0.2) is 9.98 Å². The molecule has 0 unspecified atom stereocenters. The average molecular weight is 327 g/mol. The molecule has 0 radical (unpaired) electrons. The Morgan fingerprint density at radius 1 is 1.00 bits per heavy atom. The smallest absolute Gasteiger partial charge is 0.101 e. The fraction of sp³-hybridized carbons (Fsp3) is 0.875. The van der Waals surface area contributed by atoms with Gasteiger partial charge in [-0.3, -0.25) is 9.98 Å². The second-order valence-corrected chi connectivity index (χ2v) is 9.43. The van der Waals surface area contributed by atoms with Crippen molar-refractivity contribution in [3.05, 3.63) is 0 Å². The standard InChI is InChI=1S/C16H27BrN2/c1-13(2,3)10-9-15(7)16(8,18-10)11(17)12(19-15)14(4,5)6/h11H,9H2,1-8H3/t11-,15+,16+/m0/s1. The summed E-state index contributed by atoms with van der Waals surface area (Å²) >= 11 is 3.90. The van der Waals surface area contributed by atoms with Crippen LogP contribution in [0.1, 0.15) is 61.8 Å². The lowest BCUT2D eigenvalue weighted by Gasteiger charge is -2.33. The maximum Gasteiger partial charge on any atom is 0.101 e. The van der Waals surface area contributed by atoms with E-state index in [4.69, 9.17) is 9.98 Å². The van der Waals surface area contributed by atoms with Gasteiger partial charge in [-0.25, -0.2) is 0 Å². The van der Waals surface area contributed by atoms with E-state index in [1.165, 1.54) is 11.4 Å². The molecule has 0 saturated heterocycles.